The predicted molar refractivity (Wildman–Crippen MR) is 126 cm³/mol. The largest absolute Gasteiger partial charge is 0.341 e. The fraction of sp³-hybridized carbons (Fsp3) is 0.480. The molecule has 2 fully saturated rings. The highest BCUT2D eigenvalue weighted by molar-refractivity contribution is 7.12. The number of nitrogens with one attached hydrogen (secondary N) is 1. The zero-order valence-corrected chi connectivity index (χ0v) is 19.4. The number of benzene rings is 1. The molecule has 3 amide bonds. The maximum Gasteiger partial charge on any atom is 0.262 e. The second kappa shape index (κ2) is 10.3. The number of carbonyl (C=O) groups excluding carboxylic acids is 3. The summed E-state index contributed by atoms with van der Waals surface area (Å²) in [6.07, 6.45) is 4.58. The molecule has 1 N–H and O–H groups in total. The van der Waals surface area contributed by atoms with Gasteiger partial charge < -0.3 is 15.1 Å². The predicted octanol–water partition coefficient (Wildman–Crippen LogP) is 3.72. The van der Waals surface area contributed by atoms with Crippen molar-refractivity contribution in [3.05, 3.63) is 57.8 Å². The number of rotatable bonds is 5. The Bertz CT molecular complexity index is 928. The van der Waals surface area contributed by atoms with Crippen molar-refractivity contribution in [2.24, 2.45) is 5.92 Å². The summed E-state index contributed by atoms with van der Waals surface area (Å²) in [6, 6.07) is 10.7. The lowest BCUT2D eigenvalue weighted by atomic mass is 9.87. The lowest BCUT2D eigenvalue weighted by Gasteiger charge is -2.38. The Morgan fingerprint density at radius 3 is 2.25 bits per heavy atom. The van der Waals surface area contributed by atoms with E-state index < -0.39 is 6.04 Å². The van der Waals surface area contributed by atoms with E-state index in [-0.39, 0.29) is 23.6 Å². The zero-order chi connectivity index (χ0) is 22.5. The van der Waals surface area contributed by atoms with Gasteiger partial charge in [0.15, 0.2) is 0 Å². The number of aryl methyl sites for hydroxylation is 1. The first-order valence-corrected chi connectivity index (χ1v) is 12.4. The van der Waals surface area contributed by atoms with Crippen LogP contribution in [0.2, 0.25) is 0 Å². The van der Waals surface area contributed by atoms with E-state index in [0.717, 1.165) is 37.9 Å². The van der Waals surface area contributed by atoms with Crippen molar-refractivity contribution in [3.63, 3.8) is 0 Å². The quantitative estimate of drug-likeness (QED) is 0.750. The molecule has 2 aliphatic heterocycles. The van der Waals surface area contributed by atoms with Gasteiger partial charge in [0.25, 0.3) is 11.8 Å². The van der Waals surface area contributed by atoms with Crippen molar-refractivity contribution in [3.8, 4) is 0 Å². The number of likely N-dealkylation sites (tertiary alicyclic amines) is 2. The lowest BCUT2D eigenvalue weighted by Crippen LogP contribution is -2.55. The van der Waals surface area contributed by atoms with Crippen molar-refractivity contribution < 1.29 is 14.4 Å². The van der Waals surface area contributed by atoms with Crippen LogP contribution in [-0.2, 0) is 4.79 Å². The summed E-state index contributed by atoms with van der Waals surface area (Å²) in [6.45, 7) is 4.71. The van der Waals surface area contributed by atoms with E-state index in [1.165, 1.54) is 11.3 Å². The second-order valence-corrected chi connectivity index (χ2v) is 9.76. The molecule has 170 valence electrons. The van der Waals surface area contributed by atoms with Crippen molar-refractivity contribution in [1.82, 2.24) is 15.1 Å². The van der Waals surface area contributed by atoms with E-state index in [1.807, 2.05) is 52.4 Å². The van der Waals surface area contributed by atoms with Crippen LogP contribution in [0, 0.1) is 12.8 Å². The molecule has 1 aromatic heterocycles. The number of carbonyl (C=O) groups is 3. The molecule has 32 heavy (non-hydrogen) atoms. The van der Waals surface area contributed by atoms with Crippen molar-refractivity contribution in [2.45, 2.75) is 45.1 Å². The van der Waals surface area contributed by atoms with Gasteiger partial charge in [-0.1, -0.05) is 23.8 Å². The SMILES string of the molecule is Cc1ccc(C(=O)N2CCC(C(NC(=O)c3cccs3)C(=O)N3CCCCC3)CC2)cc1. The Balaban J connectivity index is 1.44. The first-order valence-electron chi connectivity index (χ1n) is 11.5. The molecule has 6 nitrogen and oxygen atoms in total. The Morgan fingerprint density at radius 1 is 0.938 bits per heavy atom. The maximum atomic E-state index is 13.4. The molecule has 1 unspecified atom stereocenters. The monoisotopic (exact) mass is 453 g/mol. The first-order chi connectivity index (χ1) is 15.5. The molecule has 2 saturated heterocycles. The van der Waals surface area contributed by atoms with Crippen LogP contribution in [-0.4, -0.2) is 59.7 Å². The molecule has 4 rings (SSSR count). The Hall–Kier alpha value is -2.67. The van der Waals surface area contributed by atoms with Gasteiger partial charge in [-0.05, 0) is 68.5 Å². The molecule has 3 heterocycles. The number of hydrogen-bond acceptors (Lipinski definition) is 4. The van der Waals surface area contributed by atoms with Crippen molar-refractivity contribution in [2.75, 3.05) is 26.2 Å². The summed E-state index contributed by atoms with van der Waals surface area (Å²) < 4.78 is 0. The third-order valence-electron chi connectivity index (χ3n) is 6.56. The minimum absolute atomic E-state index is 0.0235. The molecule has 0 spiro atoms. The van der Waals surface area contributed by atoms with E-state index in [1.54, 1.807) is 6.07 Å². The van der Waals surface area contributed by atoms with Crippen molar-refractivity contribution >= 4 is 29.1 Å². The van der Waals surface area contributed by atoms with Gasteiger partial charge in [-0.2, -0.15) is 0 Å². The van der Waals surface area contributed by atoms with Gasteiger partial charge in [-0.25, -0.2) is 0 Å². The molecule has 7 heteroatoms. The topological polar surface area (TPSA) is 69.7 Å². The Kier molecular flexibility index (Phi) is 7.25. The van der Waals surface area contributed by atoms with Gasteiger partial charge in [-0.3, -0.25) is 14.4 Å². The summed E-state index contributed by atoms with van der Waals surface area (Å²) in [4.78, 5) is 43.5. The van der Waals surface area contributed by atoms with Gasteiger partial charge in [0, 0.05) is 31.7 Å². The van der Waals surface area contributed by atoms with Crippen LogP contribution in [0.3, 0.4) is 0 Å². The van der Waals surface area contributed by atoms with Crippen LogP contribution < -0.4 is 5.32 Å². The van der Waals surface area contributed by atoms with Gasteiger partial charge in [0.05, 0.1) is 4.88 Å². The molecule has 1 atom stereocenters. The van der Waals surface area contributed by atoms with Gasteiger partial charge in [-0.15, -0.1) is 11.3 Å². The molecule has 2 aliphatic rings. The Morgan fingerprint density at radius 2 is 1.62 bits per heavy atom. The maximum absolute atomic E-state index is 13.4. The van der Waals surface area contributed by atoms with Crippen LogP contribution in [0.15, 0.2) is 41.8 Å². The van der Waals surface area contributed by atoms with Crippen LogP contribution in [0.4, 0.5) is 0 Å². The second-order valence-electron chi connectivity index (χ2n) is 8.81. The number of thiophene rings is 1. The van der Waals surface area contributed by atoms with Crippen LogP contribution >= 0.6 is 11.3 Å². The normalized spacial score (nSPS) is 18.3. The number of hydrogen-bond donors (Lipinski definition) is 1. The standard InChI is InChI=1S/C25H31N3O3S/c1-18-7-9-20(10-8-18)24(30)28-15-11-19(12-16-28)22(25(31)27-13-3-2-4-14-27)26-23(29)21-6-5-17-32-21/h5-10,17,19,22H,2-4,11-16H2,1H3,(H,26,29). The van der Waals surface area contributed by atoms with E-state index in [4.69, 9.17) is 0 Å². The highest BCUT2D eigenvalue weighted by Gasteiger charge is 2.36. The fourth-order valence-corrected chi connectivity index (χ4v) is 5.25. The van der Waals surface area contributed by atoms with Crippen LogP contribution in [0.25, 0.3) is 0 Å². The van der Waals surface area contributed by atoms with Gasteiger partial charge in [0.1, 0.15) is 6.04 Å². The summed E-state index contributed by atoms with van der Waals surface area (Å²) in [5.74, 6) is -0.105. The van der Waals surface area contributed by atoms with Crippen LogP contribution in [0.1, 0.15) is 57.7 Å². The average Bonchev–Trinajstić information content (AvgIpc) is 3.38. The number of nitrogens with zero attached hydrogens (tertiary/aromatic N) is 2. The van der Waals surface area contributed by atoms with E-state index in [9.17, 15) is 14.4 Å². The molecular formula is C25H31N3O3S. The fourth-order valence-electron chi connectivity index (χ4n) is 4.63. The summed E-state index contributed by atoms with van der Waals surface area (Å²) in [5.41, 5.74) is 1.82. The number of piperidine rings is 2. The molecule has 2 aromatic rings. The Labute approximate surface area is 193 Å². The smallest absolute Gasteiger partial charge is 0.262 e. The third-order valence-corrected chi connectivity index (χ3v) is 7.43. The van der Waals surface area contributed by atoms with Gasteiger partial charge in [0.2, 0.25) is 5.91 Å². The summed E-state index contributed by atoms with van der Waals surface area (Å²) in [7, 11) is 0. The minimum atomic E-state index is -0.542. The zero-order valence-electron chi connectivity index (χ0n) is 18.6. The highest BCUT2D eigenvalue weighted by Crippen LogP contribution is 2.25. The number of amides is 3. The summed E-state index contributed by atoms with van der Waals surface area (Å²) in [5, 5.41) is 4.91. The van der Waals surface area contributed by atoms with Crippen LogP contribution in [0.5, 0.6) is 0 Å². The van der Waals surface area contributed by atoms with E-state index in [0.29, 0.717) is 36.4 Å². The highest BCUT2D eigenvalue weighted by atomic mass is 32.1. The lowest BCUT2D eigenvalue weighted by molar-refractivity contribution is -0.136. The van der Waals surface area contributed by atoms with E-state index >= 15 is 0 Å². The molecule has 1 aromatic carbocycles. The molecular weight excluding hydrogens is 422 g/mol. The molecule has 0 radical (unpaired) electrons. The molecule has 0 bridgehead atoms. The minimum Gasteiger partial charge on any atom is -0.341 e. The first kappa shape index (κ1) is 22.5. The third kappa shape index (κ3) is 5.21. The van der Waals surface area contributed by atoms with E-state index in [2.05, 4.69) is 5.32 Å². The summed E-state index contributed by atoms with van der Waals surface area (Å²) >= 11 is 1.38. The van der Waals surface area contributed by atoms with Crippen molar-refractivity contribution in [1.29, 1.82) is 0 Å². The molecule has 0 saturated carbocycles. The molecule has 0 aliphatic carbocycles. The van der Waals surface area contributed by atoms with Gasteiger partial charge >= 0.3 is 0 Å². The average molecular weight is 454 g/mol.